The minimum absolute atomic E-state index is 0.0586. The minimum Gasteiger partial charge on any atom is -0.480 e. The Balaban J connectivity index is 2.14. The van der Waals surface area contributed by atoms with Crippen LogP contribution in [0.25, 0.3) is 11.3 Å². The first-order valence-corrected chi connectivity index (χ1v) is 7.98. The number of nitrogens with one attached hydrogen (secondary N) is 1. The van der Waals surface area contributed by atoms with Crippen molar-refractivity contribution >= 4 is 29.1 Å². The number of anilines is 2. The molecule has 0 atom stereocenters. The van der Waals surface area contributed by atoms with Crippen LogP contribution in [-0.4, -0.2) is 26.7 Å². The molecule has 1 aliphatic carbocycles. The summed E-state index contributed by atoms with van der Waals surface area (Å²) in [6, 6.07) is 6.90. The number of aliphatic carboxylic acids is 1. The van der Waals surface area contributed by atoms with E-state index in [1.165, 1.54) is 0 Å². The summed E-state index contributed by atoms with van der Waals surface area (Å²) in [6.07, 6.45) is 3.00. The van der Waals surface area contributed by atoms with Crippen molar-refractivity contribution in [1.29, 1.82) is 0 Å². The van der Waals surface area contributed by atoms with Crippen molar-refractivity contribution in [1.82, 2.24) is 9.55 Å². The van der Waals surface area contributed by atoms with Crippen molar-refractivity contribution in [2.45, 2.75) is 31.8 Å². The van der Waals surface area contributed by atoms with E-state index in [0.29, 0.717) is 11.3 Å². The van der Waals surface area contributed by atoms with E-state index in [2.05, 4.69) is 10.3 Å². The van der Waals surface area contributed by atoms with Gasteiger partial charge in [-0.15, -0.1) is 0 Å². The second kappa shape index (κ2) is 6.52. The van der Waals surface area contributed by atoms with E-state index in [0.717, 1.165) is 23.8 Å². The molecule has 8 heteroatoms. The zero-order chi connectivity index (χ0) is 17.3. The van der Waals surface area contributed by atoms with Gasteiger partial charge in [0.2, 0.25) is 0 Å². The average molecular weight is 349 g/mol. The normalized spacial score (nSPS) is 14.2. The predicted molar refractivity (Wildman–Crippen MR) is 92.3 cm³/mol. The number of halogens is 1. The molecule has 0 saturated heterocycles. The van der Waals surface area contributed by atoms with Gasteiger partial charge in [-0.25, -0.2) is 4.98 Å². The van der Waals surface area contributed by atoms with Gasteiger partial charge in [-0.05, 0) is 31.4 Å². The highest BCUT2D eigenvalue weighted by Crippen LogP contribution is 2.28. The zero-order valence-corrected chi connectivity index (χ0v) is 13.6. The van der Waals surface area contributed by atoms with Crippen LogP contribution in [-0.2, 0) is 11.3 Å². The number of nitrogens with zero attached hydrogens (tertiary/aromatic N) is 2. The third-order valence-corrected chi connectivity index (χ3v) is 4.29. The highest BCUT2D eigenvalue weighted by atomic mass is 35.5. The van der Waals surface area contributed by atoms with Crippen LogP contribution in [0.5, 0.6) is 0 Å². The van der Waals surface area contributed by atoms with E-state index in [1.54, 1.807) is 24.3 Å². The Labute approximate surface area is 143 Å². The molecule has 126 valence electrons. The van der Waals surface area contributed by atoms with Gasteiger partial charge < -0.3 is 16.2 Å². The summed E-state index contributed by atoms with van der Waals surface area (Å²) in [6.45, 7) is -0.509. The van der Waals surface area contributed by atoms with Crippen LogP contribution in [0, 0.1) is 0 Å². The molecule has 1 aromatic heterocycles. The number of benzene rings is 1. The topological polar surface area (TPSA) is 110 Å². The van der Waals surface area contributed by atoms with Crippen LogP contribution in [0.3, 0.4) is 0 Å². The Morgan fingerprint density at radius 2 is 2.21 bits per heavy atom. The van der Waals surface area contributed by atoms with Crippen LogP contribution < -0.4 is 16.6 Å². The quantitative estimate of drug-likeness (QED) is 0.714. The van der Waals surface area contributed by atoms with Gasteiger partial charge in [0.05, 0.1) is 5.69 Å². The molecule has 4 N–H and O–H groups in total. The summed E-state index contributed by atoms with van der Waals surface area (Å²) in [4.78, 5) is 28.1. The lowest BCUT2D eigenvalue weighted by atomic mass is 9.93. The van der Waals surface area contributed by atoms with Gasteiger partial charge in [0.25, 0.3) is 5.56 Å². The fourth-order valence-electron chi connectivity index (χ4n) is 2.63. The van der Waals surface area contributed by atoms with Crippen molar-refractivity contribution < 1.29 is 9.90 Å². The molecule has 24 heavy (non-hydrogen) atoms. The first-order chi connectivity index (χ1) is 11.5. The maximum Gasteiger partial charge on any atom is 0.323 e. The molecule has 0 amide bonds. The lowest BCUT2D eigenvalue weighted by Gasteiger charge is -2.27. The standard InChI is InChI=1S/C16H17ClN4O3/c17-14-13(9-3-1-4-10(18)7-9)21(8-12(22)23)16(24)15(20-14)19-11-5-2-6-11/h1,3-4,7,11H,2,5-6,8,18H2,(H,19,20)(H,22,23). The van der Waals surface area contributed by atoms with Gasteiger partial charge in [0.15, 0.2) is 11.0 Å². The summed E-state index contributed by atoms with van der Waals surface area (Å²) >= 11 is 6.28. The Morgan fingerprint density at radius 1 is 1.46 bits per heavy atom. The maximum absolute atomic E-state index is 12.7. The van der Waals surface area contributed by atoms with E-state index in [4.69, 9.17) is 22.4 Å². The van der Waals surface area contributed by atoms with Crippen LogP contribution >= 0.6 is 11.6 Å². The van der Waals surface area contributed by atoms with Crippen LogP contribution in [0.1, 0.15) is 19.3 Å². The molecular formula is C16H17ClN4O3. The third-order valence-electron chi connectivity index (χ3n) is 4.02. The predicted octanol–water partition coefficient (Wildman–Crippen LogP) is 2.19. The molecule has 2 aromatic rings. The number of carboxylic acid groups (broad SMARTS) is 1. The van der Waals surface area contributed by atoms with Gasteiger partial charge in [0, 0.05) is 17.3 Å². The number of nitrogens with two attached hydrogens (primary N) is 1. The molecule has 0 radical (unpaired) electrons. The number of aromatic nitrogens is 2. The molecule has 1 heterocycles. The first-order valence-electron chi connectivity index (χ1n) is 7.60. The largest absolute Gasteiger partial charge is 0.480 e. The van der Waals surface area contributed by atoms with Crippen molar-refractivity contribution in [3.63, 3.8) is 0 Å². The summed E-state index contributed by atoms with van der Waals surface area (Å²) in [7, 11) is 0. The molecule has 7 nitrogen and oxygen atoms in total. The van der Waals surface area contributed by atoms with Crippen LogP contribution in [0.2, 0.25) is 5.15 Å². The van der Waals surface area contributed by atoms with Gasteiger partial charge in [-0.3, -0.25) is 14.2 Å². The number of rotatable bonds is 5. The van der Waals surface area contributed by atoms with Crippen molar-refractivity contribution in [2.24, 2.45) is 0 Å². The van der Waals surface area contributed by atoms with Crippen molar-refractivity contribution in [2.75, 3.05) is 11.1 Å². The number of hydrogen-bond acceptors (Lipinski definition) is 5. The van der Waals surface area contributed by atoms with Gasteiger partial charge in [0.1, 0.15) is 6.54 Å². The molecule has 0 bridgehead atoms. The fraction of sp³-hybridized carbons (Fsp3) is 0.312. The van der Waals surface area contributed by atoms with E-state index in [9.17, 15) is 9.59 Å². The summed E-state index contributed by atoms with van der Waals surface area (Å²) in [5, 5.41) is 12.3. The number of carboxylic acids is 1. The summed E-state index contributed by atoms with van der Waals surface area (Å²) in [5.41, 5.74) is 6.54. The van der Waals surface area contributed by atoms with Crippen LogP contribution in [0.4, 0.5) is 11.5 Å². The second-order valence-corrected chi connectivity index (χ2v) is 6.14. The maximum atomic E-state index is 12.7. The number of nitrogen functional groups attached to an aromatic ring is 1. The molecule has 1 aromatic carbocycles. The zero-order valence-electron chi connectivity index (χ0n) is 12.8. The summed E-state index contributed by atoms with van der Waals surface area (Å²) < 4.78 is 1.12. The molecule has 1 aliphatic rings. The second-order valence-electron chi connectivity index (χ2n) is 5.78. The molecule has 3 rings (SSSR count). The lowest BCUT2D eigenvalue weighted by Crippen LogP contribution is -2.35. The highest BCUT2D eigenvalue weighted by molar-refractivity contribution is 6.32. The first kappa shape index (κ1) is 16.3. The smallest absolute Gasteiger partial charge is 0.323 e. The Kier molecular flexibility index (Phi) is 4.44. The molecule has 0 spiro atoms. The Hall–Kier alpha value is -2.54. The van der Waals surface area contributed by atoms with E-state index < -0.39 is 18.1 Å². The minimum atomic E-state index is -1.14. The molecule has 0 unspecified atom stereocenters. The lowest BCUT2D eigenvalue weighted by molar-refractivity contribution is -0.137. The van der Waals surface area contributed by atoms with Crippen LogP contribution in [0.15, 0.2) is 29.1 Å². The molecule has 0 aliphatic heterocycles. The fourth-order valence-corrected chi connectivity index (χ4v) is 2.92. The van der Waals surface area contributed by atoms with E-state index in [-0.39, 0.29) is 22.7 Å². The van der Waals surface area contributed by atoms with Gasteiger partial charge >= 0.3 is 5.97 Å². The Bertz CT molecular complexity index is 846. The molecule has 1 fully saturated rings. The number of hydrogen-bond donors (Lipinski definition) is 3. The van der Waals surface area contributed by atoms with E-state index >= 15 is 0 Å². The van der Waals surface area contributed by atoms with Gasteiger partial charge in [-0.1, -0.05) is 23.7 Å². The van der Waals surface area contributed by atoms with Gasteiger partial charge in [-0.2, -0.15) is 0 Å². The Morgan fingerprint density at radius 3 is 2.79 bits per heavy atom. The van der Waals surface area contributed by atoms with Crippen molar-refractivity contribution in [3.05, 3.63) is 39.8 Å². The third kappa shape index (κ3) is 3.21. The monoisotopic (exact) mass is 348 g/mol. The molecular weight excluding hydrogens is 332 g/mol. The highest BCUT2D eigenvalue weighted by Gasteiger charge is 2.23. The average Bonchev–Trinajstić information content (AvgIpc) is 2.47. The van der Waals surface area contributed by atoms with E-state index in [1.807, 2.05) is 0 Å². The SMILES string of the molecule is Nc1cccc(-c2c(Cl)nc(NC3CCC3)c(=O)n2CC(=O)O)c1. The van der Waals surface area contributed by atoms with Crippen molar-refractivity contribution in [3.8, 4) is 11.3 Å². The molecule has 1 saturated carbocycles. The summed E-state index contributed by atoms with van der Waals surface area (Å²) in [5.74, 6) is -1.06. The number of carbonyl (C=O) groups is 1.